The maximum absolute atomic E-state index is 4.45. The van der Waals surface area contributed by atoms with Gasteiger partial charge in [0.2, 0.25) is 5.16 Å². The molecule has 0 bridgehead atoms. The minimum atomic E-state index is 0.756. The predicted octanol–water partition coefficient (Wildman–Crippen LogP) is 3.49. The molecule has 0 spiro atoms. The third-order valence-electron chi connectivity index (χ3n) is 3.22. The van der Waals surface area contributed by atoms with Crippen molar-refractivity contribution in [3.63, 3.8) is 0 Å². The maximum atomic E-state index is 4.45. The van der Waals surface area contributed by atoms with Crippen molar-refractivity contribution in [2.75, 3.05) is 0 Å². The molecule has 6 nitrogen and oxygen atoms in total. The van der Waals surface area contributed by atoms with Crippen molar-refractivity contribution >= 4 is 60.5 Å². The molecule has 0 aromatic carbocycles. The fourth-order valence-electron chi connectivity index (χ4n) is 2.22. The third-order valence-corrected chi connectivity index (χ3v) is 6.13. The van der Waals surface area contributed by atoms with Crippen LogP contribution in [-0.2, 0) is 0 Å². The second-order valence-corrected chi connectivity index (χ2v) is 7.26. The minimum absolute atomic E-state index is 0.756. The van der Waals surface area contributed by atoms with Crippen LogP contribution in [0.5, 0.6) is 0 Å². The Balaban J connectivity index is 1.69. The summed E-state index contributed by atoms with van der Waals surface area (Å²) in [7, 11) is 0. The van der Waals surface area contributed by atoms with Crippen molar-refractivity contribution < 1.29 is 0 Å². The first-order valence-electron chi connectivity index (χ1n) is 6.33. The van der Waals surface area contributed by atoms with Gasteiger partial charge < -0.3 is 0 Å². The molecule has 0 radical (unpaired) electrons. The molecule has 0 unspecified atom stereocenters. The van der Waals surface area contributed by atoms with Crippen LogP contribution in [0, 0.1) is 0 Å². The van der Waals surface area contributed by atoms with E-state index in [9.17, 15) is 0 Å². The second-order valence-electron chi connectivity index (χ2n) is 4.47. The highest BCUT2D eigenvalue weighted by molar-refractivity contribution is 7.99. The topological polar surface area (TPSA) is 68.9 Å². The molecule has 0 saturated carbocycles. The number of aromatic nitrogens is 6. The highest BCUT2D eigenvalue weighted by Crippen LogP contribution is 2.34. The summed E-state index contributed by atoms with van der Waals surface area (Å²) in [6.45, 7) is 0. The Morgan fingerprint density at radius 3 is 2.64 bits per heavy atom. The van der Waals surface area contributed by atoms with E-state index >= 15 is 0 Å². The van der Waals surface area contributed by atoms with Gasteiger partial charge in [0.25, 0.3) is 0 Å². The van der Waals surface area contributed by atoms with E-state index in [1.54, 1.807) is 35.3 Å². The fraction of sp³-hybridized carbons (Fsp3) is 0. The van der Waals surface area contributed by atoms with Gasteiger partial charge in [-0.3, -0.25) is 4.40 Å². The van der Waals surface area contributed by atoms with Crippen molar-refractivity contribution in [3.05, 3.63) is 35.5 Å². The molecule has 0 aliphatic heterocycles. The molecule has 22 heavy (non-hydrogen) atoms. The zero-order chi connectivity index (χ0) is 14.5. The van der Waals surface area contributed by atoms with Gasteiger partial charge in [0, 0.05) is 0 Å². The zero-order valence-corrected chi connectivity index (χ0v) is 13.3. The summed E-state index contributed by atoms with van der Waals surface area (Å²) >= 11 is 4.73. The molecule has 5 aromatic rings. The molecule has 0 amide bonds. The van der Waals surface area contributed by atoms with Gasteiger partial charge in [0.1, 0.15) is 17.7 Å². The van der Waals surface area contributed by atoms with Crippen LogP contribution in [-0.4, -0.2) is 29.5 Å². The summed E-state index contributed by atoms with van der Waals surface area (Å²) in [5.41, 5.74) is 2.73. The summed E-state index contributed by atoms with van der Waals surface area (Å²) in [6, 6.07) is 3.98. The van der Waals surface area contributed by atoms with Crippen molar-refractivity contribution in [1.29, 1.82) is 0 Å². The third kappa shape index (κ3) is 1.76. The first kappa shape index (κ1) is 12.4. The Bertz CT molecular complexity index is 1120. The van der Waals surface area contributed by atoms with Crippen LogP contribution < -0.4 is 0 Å². The first-order chi connectivity index (χ1) is 10.9. The molecule has 5 aromatic heterocycles. The number of hydrogen-bond donors (Lipinski definition) is 0. The van der Waals surface area contributed by atoms with Gasteiger partial charge in [-0.1, -0.05) is 0 Å². The lowest BCUT2D eigenvalue weighted by Crippen LogP contribution is -1.90. The van der Waals surface area contributed by atoms with Gasteiger partial charge in [-0.05, 0) is 34.7 Å². The summed E-state index contributed by atoms with van der Waals surface area (Å²) in [4.78, 5) is 13.1. The minimum Gasteiger partial charge on any atom is -0.259 e. The van der Waals surface area contributed by atoms with E-state index in [0.717, 1.165) is 36.3 Å². The highest BCUT2D eigenvalue weighted by Gasteiger charge is 2.14. The molecule has 0 fully saturated rings. The number of hydrogen-bond acceptors (Lipinski definition) is 8. The monoisotopic (exact) mass is 342 g/mol. The van der Waals surface area contributed by atoms with E-state index in [1.165, 1.54) is 11.8 Å². The SMILES string of the molecule is c1nc(Sc2nnc3c4sccc4ncn23)c2sccc2n1. The summed E-state index contributed by atoms with van der Waals surface area (Å²) in [6.07, 6.45) is 3.34. The van der Waals surface area contributed by atoms with Crippen molar-refractivity contribution in [2.24, 2.45) is 0 Å². The van der Waals surface area contributed by atoms with E-state index in [1.807, 2.05) is 27.3 Å². The number of thiophene rings is 2. The number of rotatable bonds is 2. The molecule has 5 rings (SSSR count). The summed E-state index contributed by atoms with van der Waals surface area (Å²) in [5, 5.41) is 14.3. The smallest absolute Gasteiger partial charge is 0.203 e. The Labute approximate surface area is 135 Å². The van der Waals surface area contributed by atoms with E-state index < -0.39 is 0 Å². The van der Waals surface area contributed by atoms with E-state index in [2.05, 4.69) is 25.1 Å². The van der Waals surface area contributed by atoms with Crippen LogP contribution in [0.25, 0.3) is 26.1 Å². The Morgan fingerprint density at radius 1 is 0.909 bits per heavy atom. The van der Waals surface area contributed by atoms with Gasteiger partial charge >= 0.3 is 0 Å². The lowest BCUT2D eigenvalue weighted by atomic mass is 10.5. The second kappa shape index (κ2) is 4.70. The Hall–Kier alpha value is -2.10. The first-order valence-corrected chi connectivity index (χ1v) is 8.91. The van der Waals surface area contributed by atoms with Crippen LogP contribution >= 0.6 is 34.4 Å². The molecule has 0 aliphatic rings. The number of fused-ring (bicyclic) bond motifs is 4. The van der Waals surface area contributed by atoms with Gasteiger partial charge in [0.05, 0.1) is 20.4 Å². The highest BCUT2D eigenvalue weighted by atomic mass is 32.2. The summed E-state index contributed by atoms with van der Waals surface area (Å²) in [5.74, 6) is 0. The molecule has 5 heterocycles. The van der Waals surface area contributed by atoms with Crippen LogP contribution in [0.3, 0.4) is 0 Å². The van der Waals surface area contributed by atoms with Crippen molar-refractivity contribution in [3.8, 4) is 0 Å². The van der Waals surface area contributed by atoms with Crippen LogP contribution in [0.2, 0.25) is 0 Å². The average Bonchev–Trinajstić information content (AvgIpc) is 3.26. The predicted molar refractivity (Wildman–Crippen MR) is 87.7 cm³/mol. The molecular weight excluding hydrogens is 336 g/mol. The van der Waals surface area contributed by atoms with Gasteiger partial charge in [-0.25, -0.2) is 15.0 Å². The molecule has 106 valence electrons. The van der Waals surface area contributed by atoms with Gasteiger partial charge in [0.15, 0.2) is 5.65 Å². The molecular formula is C13H6N6S3. The van der Waals surface area contributed by atoms with Crippen molar-refractivity contribution in [1.82, 2.24) is 29.5 Å². The largest absolute Gasteiger partial charge is 0.259 e. The standard InChI is InChI=1S/C13H6N6S3/c1-3-20-9-7(1)16-6-19-11(9)17-18-13(19)22-12-10-8(2-4-21-10)14-5-15-12/h1-6H. The zero-order valence-electron chi connectivity index (χ0n) is 10.9. The summed E-state index contributed by atoms with van der Waals surface area (Å²) < 4.78 is 4.02. The normalized spacial score (nSPS) is 11.8. The quantitative estimate of drug-likeness (QED) is 0.457. The maximum Gasteiger partial charge on any atom is 0.203 e. The molecule has 9 heteroatoms. The van der Waals surface area contributed by atoms with Gasteiger partial charge in [-0.2, -0.15) is 0 Å². The van der Waals surface area contributed by atoms with Crippen LogP contribution in [0.4, 0.5) is 0 Å². The van der Waals surface area contributed by atoms with Crippen LogP contribution in [0.15, 0.2) is 45.7 Å². The Kier molecular flexibility index (Phi) is 2.66. The number of nitrogens with zero attached hydrogens (tertiary/aromatic N) is 6. The van der Waals surface area contributed by atoms with E-state index in [-0.39, 0.29) is 0 Å². The molecule has 0 aliphatic carbocycles. The van der Waals surface area contributed by atoms with Crippen molar-refractivity contribution in [2.45, 2.75) is 10.2 Å². The average molecular weight is 342 g/mol. The van der Waals surface area contributed by atoms with Crippen LogP contribution in [0.1, 0.15) is 0 Å². The fourth-order valence-corrected chi connectivity index (χ4v) is 4.82. The Morgan fingerprint density at radius 2 is 1.73 bits per heavy atom. The lowest BCUT2D eigenvalue weighted by molar-refractivity contribution is 0.904. The van der Waals surface area contributed by atoms with E-state index in [0.29, 0.717) is 0 Å². The van der Waals surface area contributed by atoms with E-state index in [4.69, 9.17) is 0 Å². The van der Waals surface area contributed by atoms with Gasteiger partial charge in [-0.15, -0.1) is 32.9 Å². The molecule has 0 atom stereocenters. The molecule has 0 N–H and O–H groups in total. The molecule has 0 saturated heterocycles. The lowest BCUT2D eigenvalue weighted by Gasteiger charge is -2.00.